The summed E-state index contributed by atoms with van der Waals surface area (Å²) in [6.45, 7) is 6.38. The average Bonchev–Trinajstić information content (AvgIpc) is 2.64. The number of benzene rings is 1. The van der Waals surface area contributed by atoms with E-state index in [1.54, 1.807) is 0 Å². The average molecular weight is 229 g/mol. The third-order valence-corrected chi connectivity index (χ3v) is 2.90. The van der Waals surface area contributed by atoms with Gasteiger partial charge in [0.2, 0.25) is 0 Å². The second kappa shape index (κ2) is 4.24. The van der Waals surface area contributed by atoms with Gasteiger partial charge in [0, 0.05) is 30.1 Å². The Morgan fingerprint density at radius 3 is 2.59 bits per heavy atom. The highest BCUT2D eigenvalue weighted by molar-refractivity contribution is 5.78. The smallest absolute Gasteiger partial charge is 0.0728 e. The molecule has 0 saturated heterocycles. The van der Waals surface area contributed by atoms with E-state index in [2.05, 4.69) is 31.9 Å². The molecular formula is C14H19N3. The monoisotopic (exact) mass is 229 g/mol. The van der Waals surface area contributed by atoms with E-state index in [4.69, 9.17) is 5.73 Å². The van der Waals surface area contributed by atoms with Gasteiger partial charge in [0.05, 0.1) is 5.69 Å². The summed E-state index contributed by atoms with van der Waals surface area (Å²) in [7, 11) is 1.95. The molecule has 0 aliphatic rings. The molecule has 0 unspecified atom stereocenters. The van der Waals surface area contributed by atoms with Gasteiger partial charge in [-0.25, -0.2) is 0 Å². The molecule has 0 saturated carbocycles. The summed E-state index contributed by atoms with van der Waals surface area (Å²) < 4.78 is 1.85. The minimum atomic E-state index is 0.395. The van der Waals surface area contributed by atoms with Crippen molar-refractivity contribution in [1.29, 1.82) is 0 Å². The van der Waals surface area contributed by atoms with Gasteiger partial charge in [-0.1, -0.05) is 25.5 Å². The van der Waals surface area contributed by atoms with Crippen LogP contribution in [0, 0.1) is 6.92 Å². The van der Waals surface area contributed by atoms with Gasteiger partial charge >= 0.3 is 0 Å². The van der Waals surface area contributed by atoms with Gasteiger partial charge in [0.15, 0.2) is 0 Å². The molecule has 0 radical (unpaired) electrons. The van der Waals surface area contributed by atoms with Crippen molar-refractivity contribution in [3.8, 4) is 11.1 Å². The van der Waals surface area contributed by atoms with E-state index in [1.807, 2.05) is 30.1 Å². The lowest BCUT2D eigenvalue weighted by atomic mass is 9.97. The van der Waals surface area contributed by atoms with Crippen molar-refractivity contribution in [2.45, 2.75) is 26.7 Å². The molecule has 0 aliphatic carbocycles. The van der Waals surface area contributed by atoms with Gasteiger partial charge in [-0.2, -0.15) is 5.10 Å². The second-order valence-corrected chi connectivity index (χ2v) is 4.85. The lowest BCUT2D eigenvalue weighted by molar-refractivity contribution is 0.713. The maximum absolute atomic E-state index is 6.06. The Morgan fingerprint density at radius 1 is 1.24 bits per heavy atom. The number of aryl methyl sites for hydroxylation is 2. The summed E-state index contributed by atoms with van der Waals surface area (Å²) in [5.74, 6) is 0.395. The fourth-order valence-electron chi connectivity index (χ4n) is 2.04. The quantitative estimate of drug-likeness (QED) is 0.804. The third-order valence-electron chi connectivity index (χ3n) is 2.90. The normalized spacial score (nSPS) is 11.1. The van der Waals surface area contributed by atoms with Crippen LogP contribution in [0.2, 0.25) is 0 Å². The number of hydrogen-bond donors (Lipinski definition) is 1. The molecule has 0 spiro atoms. The highest BCUT2D eigenvalue weighted by atomic mass is 15.3. The van der Waals surface area contributed by atoms with Crippen molar-refractivity contribution in [3.05, 3.63) is 35.7 Å². The highest BCUT2D eigenvalue weighted by Crippen LogP contribution is 2.32. The van der Waals surface area contributed by atoms with E-state index in [1.165, 1.54) is 5.56 Å². The minimum absolute atomic E-state index is 0.395. The molecule has 3 nitrogen and oxygen atoms in total. The first-order valence-corrected chi connectivity index (χ1v) is 5.89. The van der Waals surface area contributed by atoms with Crippen LogP contribution in [0.15, 0.2) is 24.4 Å². The number of nitrogens with two attached hydrogens (primary N) is 1. The Kier molecular flexibility index (Phi) is 2.92. The van der Waals surface area contributed by atoms with Crippen molar-refractivity contribution in [2.75, 3.05) is 5.73 Å². The fraction of sp³-hybridized carbons (Fsp3) is 0.357. The minimum Gasteiger partial charge on any atom is -0.398 e. The molecule has 0 aliphatic heterocycles. The molecule has 1 aromatic carbocycles. The molecule has 3 heteroatoms. The Bertz CT molecular complexity index is 538. The van der Waals surface area contributed by atoms with Crippen LogP contribution in [0.5, 0.6) is 0 Å². The largest absolute Gasteiger partial charge is 0.398 e. The van der Waals surface area contributed by atoms with E-state index in [0.717, 1.165) is 22.5 Å². The molecule has 90 valence electrons. The third kappa shape index (κ3) is 2.18. The van der Waals surface area contributed by atoms with E-state index in [0.29, 0.717) is 5.92 Å². The summed E-state index contributed by atoms with van der Waals surface area (Å²) in [5.41, 5.74) is 11.4. The van der Waals surface area contributed by atoms with Crippen molar-refractivity contribution in [1.82, 2.24) is 9.78 Å². The van der Waals surface area contributed by atoms with Crippen molar-refractivity contribution in [3.63, 3.8) is 0 Å². The zero-order valence-electron chi connectivity index (χ0n) is 10.9. The first kappa shape index (κ1) is 11.7. The SMILES string of the molecule is Cc1ccc(N)c(-c2cn(C)nc2C(C)C)c1. The predicted molar refractivity (Wildman–Crippen MR) is 71.9 cm³/mol. The van der Waals surface area contributed by atoms with Crippen molar-refractivity contribution >= 4 is 5.69 Å². The number of nitrogen functional groups attached to an aromatic ring is 1. The van der Waals surface area contributed by atoms with Crippen LogP contribution in [0.1, 0.15) is 31.0 Å². The van der Waals surface area contributed by atoms with Crippen LogP contribution < -0.4 is 5.73 Å². The maximum atomic E-state index is 6.06. The van der Waals surface area contributed by atoms with E-state index in [9.17, 15) is 0 Å². The summed E-state index contributed by atoms with van der Waals surface area (Å²) in [4.78, 5) is 0. The van der Waals surface area contributed by atoms with Gasteiger partial charge < -0.3 is 5.73 Å². The first-order valence-electron chi connectivity index (χ1n) is 5.89. The summed E-state index contributed by atoms with van der Waals surface area (Å²) in [5, 5.41) is 4.52. The zero-order valence-corrected chi connectivity index (χ0v) is 10.9. The molecule has 0 amide bonds. The number of rotatable bonds is 2. The molecule has 0 atom stereocenters. The Hall–Kier alpha value is -1.77. The number of anilines is 1. The van der Waals surface area contributed by atoms with Crippen LogP contribution >= 0.6 is 0 Å². The number of hydrogen-bond acceptors (Lipinski definition) is 2. The Morgan fingerprint density at radius 2 is 1.94 bits per heavy atom. The van der Waals surface area contributed by atoms with Crippen LogP contribution in [0.3, 0.4) is 0 Å². The summed E-state index contributed by atoms with van der Waals surface area (Å²) >= 11 is 0. The fourth-order valence-corrected chi connectivity index (χ4v) is 2.04. The zero-order chi connectivity index (χ0) is 12.6. The number of nitrogens with zero attached hydrogens (tertiary/aromatic N) is 2. The standard InChI is InChI=1S/C14H19N3/c1-9(2)14-12(8-17(4)16-14)11-7-10(3)5-6-13(11)15/h5-9H,15H2,1-4H3. The number of aromatic nitrogens is 2. The lowest BCUT2D eigenvalue weighted by Crippen LogP contribution is -1.95. The van der Waals surface area contributed by atoms with E-state index < -0.39 is 0 Å². The van der Waals surface area contributed by atoms with Gasteiger partial charge in [-0.15, -0.1) is 0 Å². The molecular weight excluding hydrogens is 210 g/mol. The Balaban J connectivity index is 2.63. The van der Waals surface area contributed by atoms with Gasteiger partial charge in [-0.05, 0) is 25.0 Å². The molecule has 0 bridgehead atoms. The van der Waals surface area contributed by atoms with Gasteiger partial charge in [-0.3, -0.25) is 4.68 Å². The molecule has 1 heterocycles. The Labute approximate surface area is 102 Å². The predicted octanol–water partition coefficient (Wildman–Crippen LogP) is 3.10. The molecule has 1 aromatic heterocycles. The second-order valence-electron chi connectivity index (χ2n) is 4.85. The molecule has 2 rings (SSSR count). The highest BCUT2D eigenvalue weighted by Gasteiger charge is 2.15. The van der Waals surface area contributed by atoms with E-state index >= 15 is 0 Å². The molecule has 0 fully saturated rings. The van der Waals surface area contributed by atoms with Crippen LogP contribution in [-0.2, 0) is 7.05 Å². The van der Waals surface area contributed by atoms with Crippen molar-refractivity contribution < 1.29 is 0 Å². The lowest BCUT2D eigenvalue weighted by Gasteiger charge is -2.08. The topological polar surface area (TPSA) is 43.8 Å². The van der Waals surface area contributed by atoms with Crippen LogP contribution in [0.25, 0.3) is 11.1 Å². The van der Waals surface area contributed by atoms with Crippen LogP contribution in [-0.4, -0.2) is 9.78 Å². The van der Waals surface area contributed by atoms with E-state index in [-0.39, 0.29) is 0 Å². The first-order chi connectivity index (χ1) is 7.99. The molecule has 2 aromatic rings. The maximum Gasteiger partial charge on any atom is 0.0728 e. The molecule has 2 N–H and O–H groups in total. The van der Waals surface area contributed by atoms with Crippen LogP contribution in [0.4, 0.5) is 5.69 Å². The summed E-state index contributed by atoms with van der Waals surface area (Å²) in [6, 6.07) is 6.12. The van der Waals surface area contributed by atoms with Gasteiger partial charge in [0.25, 0.3) is 0 Å². The molecule has 17 heavy (non-hydrogen) atoms. The summed E-state index contributed by atoms with van der Waals surface area (Å²) in [6.07, 6.45) is 2.04. The van der Waals surface area contributed by atoms with Crippen molar-refractivity contribution in [2.24, 2.45) is 7.05 Å². The van der Waals surface area contributed by atoms with Gasteiger partial charge in [0.1, 0.15) is 0 Å².